The van der Waals surface area contributed by atoms with Crippen LogP contribution in [0.25, 0.3) is 0 Å². The highest BCUT2D eigenvalue weighted by Crippen LogP contribution is 2.48. The summed E-state index contributed by atoms with van der Waals surface area (Å²) in [4.78, 5) is 22.2. The molecule has 0 bridgehead atoms. The van der Waals surface area contributed by atoms with Gasteiger partial charge in [0.05, 0.1) is 12.0 Å². The maximum atomic E-state index is 12.7. The number of hydrogen-bond donors (Lipinski definition) is 1. The maximum absolute atomic E-state index is 12.7. The van der Waals surface area contributed by atoms with Gasteiger partial charge >= 0.3 is 0 Å². The lowest BCUT2D eigenvalue weighted by atomic mass is 10.1. The van der Waals surface area contributed by atoms with Crippen LogP contribution in [0, 0.1) is 5.92 Å². The second kappa shape index (κ2) is 5.02. The fourth-order valence-corrected chi connectivity index (χ4v) is 3.37. The first kappa shape index (κ1) is 12.6. The summed E-state index contributed by atoms with van der Waals surface area (Å²) in [7, 11) is 0. The summed E-state index contributed by atoms with van der Waals surface area (Å²) >= 11 is 0. The second-order valence-electron chi connectivity index (χ2n) is 6.01. The third-order valence-electron chi connectivity index (χ3n) is 4.70. The quantitative estimate of drug-likeness (QED) is 0.917. The molecule has 1 N–H and O–H groups in total. The van der Waals surface area contributed by atoms with Crippen molar-refractivity contribution in [2.75, 3.05) is 13.1 Å². The van der Waals surface area contributed by atoms with Gasteiger partial charge in [0, 0.05) is 37.5 Å². The third kappa shape index (κ3) is 2.35. The van der Waals surface area contributed by atoms with Crippen LogP contribution in [0.4, 0.5) is 0 Å². The van der Waals surface area contributed by atoms with E-state index < -0.39 is 0 Å². The Morgan fingerprint density at radius 3 is 2.86 bits per heavy atom. The van der Waals surface area contributed by atoms with Crippen LogP contribution in [0.2, 0.25) is 0 Å². The molecule has 108 valence electrons. The molecule has 2 aromatic rings. The zero-order valence-corrected chi connectivity index (χ0v) is 12.0. The number of aromatic nitrogens is 2. The van der Waals surface area contributed by atoms with Crippen molar-refractivity contribution in [3.05, 3.63) is 53.6 Å². The van der Waals surface area contributed by atoms with Gasteiger partial charge in [-0.25, -0.2) is 4.98 Å². The molecule has 0 radical (unpaired) electrons. The van der Waals surface area contributed by atoms with Crippen LogP contribution in [-0.4, -0.2) is 33.9 Å². The molecule has 4 rings (SSSR count). The van der Waals surface area contributed by atoms with Gasteiger partial charge in [-0.05, 0) is 17.9 Å². The standard InChI is InChI=1S/C17H19N3O/c21-17(14-10-13(14)12-4-2-1-3-5-12)20-8-6-15-16(7-9-20)19-11-18-15/h1-5,11,13-14H,6-10H2,(H,18,19). The summed E-state index contributed by atoms with van der Waals surface area (Å²) in [6.45, 7) is 1.61. The highest BCUT2D eigenvalue weighted by Gasteiger charge is 2.45. The monoisotopic (exact) mass is 281 g/mol. The Labute approximate surface area is 124 Å². The summed E-state index contributed by atoms with van der Waals surface area (Å²) in [6, 6.07) is 10.4. The van der Waals surface area contributed by atoms with E-state index in [1.165, 1.54) is 11.3 Å². The Balaban J connectivity index is 1.42. The molecule has 1 aliphatic heterocycles. The molecule has 1 amide bonds. The van der Waals surface area contributed by atoms with Crippen LogP contribution < -0.4 is 0 Å². The molecule has 2 unspecified atom stereocenters. The van der Waals surface area contributed by atoms with Crippen molar-refractivity contribution < 1.29 is 4.79 Å². The lowest BCUT2D eigenvalue weighted by Gasteiger charge is -2.20. The Morgan fingerprint density at radius 2 is 2.00 bits per heavy atom. The molecule has 1 fully saturated rings. The normalized spacial score (nSPS) is 24.3. The molecule has 1 aromatic heterocycles. The molecule has 2 aliphatic rings. The fraction of sp³-hybridized carbons (Fsp3) is 0.412. The van der Waals surface area contributed by atoms with E-state index in [1.807, 2.05) is 11.0 Å². The van der Waals surface area contributed by atoms with E-state index in [0.717, 1.165) is 38.0 Å². The van der Waals surface area contributed by atoms with Crippen molar-refractivity contribution in [3.63, 3.8) is 0 Å². The van der Waals surface area contributed by atoms with Gasteiger partial charge in [0.25, 0.3) is 0 Å². The zero-order chi connectivity index (χ0) is 14.2. The van der Waals surface area contributed by atoms with Crippen LogP contribution in [-0.2, 0) is 17.6 Å². The zero-order valence-electron chi connectivity index (χ0n) is 12.0. The Morgan fingerprint density at radius 1 is 1.19 bits per heavy atom. The number of amides is 1. The molecule has 2 atom stereocenters. The molecule has 0 saturated heterocycles. The molecule has 4 nitrogen and oxygen atoms in total. The van der Waals surface area contributed by atoms with E-state index >= 15 is 0 Å². The molecular formula is C17H19N3O. The van der Waals surface area contributed by atoms with Crippen molar-refractivity contribution >= 4 is 5.91 Å². The molecule has 1 aromatic carbocycles. The first-order valence-electron chi connectivity index (χ1n) is 7.68. The summed E-state index contributed by atoms with van der Waals surface area (Å²) in [5.41, 5.74) is 3.62. The van der Waals surface area contributed by atoms with Gasteiger partial charge in [-0.3, -0.25) is 4.79 Å². The van der Waals surface area contributed by atoms with Crippen LogP contribution in [0.15, 0.2) is 36.7 Å². The number of nitrogens with one attached hydrogen (secondary N) is 1. The van der Waals surface area contributed by atoms with Crippen molar-refractivity contribution in [1.82, 2.24) is 14.9 Å². The van der Waals surface area contributed by atoms with E-state index in [-0.39, 0.29) is 5.92 Å². The lowest BCUT2D eigenvalue weighted by molar-refractivity contribution is -0.132. The van der Waals surface area contributed by atoms with E-state index in [0.29, 0.717) is 11.8 Å². The van der Waals surface area contributed by atoms with Gasteiger partial charge in [0.2, 0.25) is 5.91 Å². The number of hydrogen-bond acceptors (Lipinski definition) is 2. The van der Waals surface area contributed by atoms with Crippen molar-refractivity contribution in [2.24, 2.45) is 5.92 Å². The Hall–Kier alpha value is -2.10. The Kier molecular flexibility index (Phi) is 3.02. The van der Waals surface area contributed by atoms with Gasteiger partial charge in [-0.2, -0.15) is 0 Å². The fourth-order valence-electron chi connectivity index (χ4n) is 3.37. The summed E-state index contributed by atoms with van der Waals surface area (Å²) in [5.74, 6) is 0.948. The maximum Gasteiger partial charge on any atom is 0.226 e. The average molecular weight is 281 g/mol. The highest BCUT2D eigenvalue weighted by molar-refractivity contribution is 5.83. The molecule has 1 aliphatic carbocycles. The molecule has 21 heavy (non-hydrogen) atoms. The number of rotatable bonds is 2. The summed E-state index contributed by atoms with van der Waals surface area (Å²) in [6.07, 6.45) is 4.52. The SMILES string of the molecule is O=C(C1CC1c1ccccc1)N1CCc2nc[nH]c2CC1. The lowest BCUT2D eigenvalue weighted by Crippen LogP contribution is -2.34. The highest BCUT2D eigenvalue weighted by atomic mass is 16.2. The topological polar surface area (TPSA) is 49.0 Å². The number of carbonyl (C=O) groups is 1. The second-order valence-corrected chi connectivity index (χ2v) is 6.01. The Bertz CT molecular complexity index is 627. The first-order chi connectivity index (χ1) is 10.3. The van der Waals surface area contributed by atoms with Gasteiger partial charge < -0.3 is 9.88 Å². The number of benzene rings is 1. The largest absolute Gasteiger partial charge is 0.348 e. The summed E-state index contributed by atoms with van der Waals surface area (Å²) < 4.78 is 0. The number of fused-ring (bicyclic) bond motifs is 1. The number of nitrogens with zero attached hydrogens (tertiary/aromatic N) is 2. The minimum absolute atomic E-state index is 0.191. The van der Waals surface area contributed by atoms with Gasteiger partial charge in [-0.1, -0.05) is 30.3 Å². The van der Waals surface area contributed by atoms with Gasteiger partial charge in [0.15, 0.2) is 0 Å². The predicted octanol–water partition coefficient (Wildman–Crippen LogP) is 2.14. The smallest absolute Gasteiger partial charge is 0.226 e. The number of carbonyl (C=O) groups excluding carboxylic acids is 1. The first-order valence-corrected chi connectivity index (χ1v) is 7.68. The summed E-state index contributed by atoms with van der Waals surface area (Å²) in [5, 5.41) is 0. The third-order valence-corrected chi connectivity index (χ3v) is 4.70. The average Bonchev–Trinajstić information content (AvgIpc) is 3.25. The number of imidazole rings is 1. The molecule has 1 saturated carbocycles. The van der Waals surface area contributed by atoms with E-state index in [9.17, 15) is 4.79 Å². The number of aromatic amines is 1. The molecule has 4 heteroatoms. The van der Waals surface area contributed by atoms with Crippen molar-refractivity contribution in [2.45, 2.75) is 25.2 Å². The van der Waals surface area contributed by atoms with E-state index in [1.54, 1.807) is 6.33 Å². The molecule has 0 spiro atoms. The van der Waals surface area contributed by atoms with E-state index in [4.69, 9.17) is 0 Å². The van der Waals surface area contributed by atoms with Crippen LogP contribution in [0.3, 0.4) is 0 Å². The predicted molar refractivity (Wildman–Crippen MR) is 79.9 cm³/mol. The minimum atomic E-state index is 0.191. The van der Waals surface area contributed by atoms with Crippen molar-refractivity contribution in [1.29, 1.82) is 0 Å². The molecule has 2 heterocycles. The van der Waals surface area contributed by atoms with Crippen LogP contribution >= 0.6 is 0 Å². The molecular weight excluding hydrogens is 262 g/mol. The minimum Gasteiger partial charge on any atom is -0.348 e. The van der Waals surface area contributed by atoms with Crippen molar-refractivity contribution in [3.8, 4) is 0 Å². The number of H-pyrrole nitrogens is 1. The van der Waals surface area contributed by atoms with Gasteiger partial charge in [0.1, 0.15) is 0 Å². The van der Waals surface area contributed by atoms with Crippen LogP contribution in [0.1, 0.15) is 29.3 Å². The van der Waals surface area contributed by atoms with E-state index in [2.05, 4.69) is 34.2 Å². The van der Waals surface area contributed by atoms with Crippen LogP contribution in [0.5, 0.6) is 0 Å². The van der Waals surface area contributed by atoms with Gasteiger partial charge in [-0.15, -0.1) is 0 Å².